The minimum atomic E-state index is 0.0467. The summed E-state index contributed by atoms with van der Waals surface area (Å²) in [6.07, 6.45) is 4.80. The van der Waals surface area contributed by atoms with E-state index in [-0.39, 0.29) is 11.3 Å². The van der Waals surface area contributed by atoms with Gasteiger partial charge in [-0.1, -0.05) is 66.0 Å². The SMILES string of the molecule is CCCCC(CC)CNC(=O)c1ccc(C(C)(C)C)cc1. The van der Waals surface area contributed by atoms with E-state index in [1.54, 1.807) is 0 Å². The van der Waals surface area contributed by atoms with Gasteiger partial charge in [-0.15, -0.1) is 0 Å². The Morgan fingerprint density at radius 3 is 2.24 bits per heavy atom. The van der Waals surface area contributed by atoms with Crippen molar-refractivity contribution in [1.29, 1.82) is 0 Å². The highest BCUT2D eigenvalue weighted by atomic mass is 16.1. The van der Waals surface area contributed by atoms with Crippen LogP contribution in [0.4, 0.5) is 0 Å². The average Bonchev–Trinajstić information content (AvgIpc) is 2.46. The van der Waals surface area contributed by atoms with Crippen LogP contribution < -0.4 is 5.32 Å². The molecule has 1 N–H and O–H groups in total. The Labute approximate surface area is 130 Å². The molecule has 1 atom stereocenters. The third-order valence-corrected chi connectivity index (χ3v) is 4.11. The smallest absolute Gasteiger partial charge is 0.251 e. The highest BCUT2D eigenvalue weighted by Gasteiger charge is 2.14. The molecule has 0 aliphatic carbocycles. The maximum absolute atomic E-state index is 12.2. The largest absolute Gasteiger partial charge is 0.352 e. The lowest BCUT2D eigenvalue weighted by Crippen LogP contribution is -2.29. The van der Waals surface area contributed by atoms with E-state index >= 15 is 0 Å². The number of amides is 1. The van der Waals surface area contributed by atoms with Gasteiger partial charge in [-0.25, -0.2) is 0 Å². The fraction of sp³-hybridized carbons (Fsp3) is 0.632. The van der Waals surface area contributed by atoms with Crippen LogP contribution in [0, 0.1) is 5.92 Å². The summed E-state index contributed by atoms with van der Waals surface area (Å²) in [7, 11) is 0. The number of carbonyl (C=O) groups excluding carboxylic acids is 1. The summed E-state index contributed by atoms with van der Waals surface area (Å²) in [4.78, 5) is 12.2. The van der Waals surface area contributed by atoms with Gasteiger partial charge in [-0.05, 0) is 35.4 Å². The summed E-state index contributed by atoms with van der Waals surface area (Å²) in [6.45, 7) is 11.7. The predicted molar refractivity (Wildman–Crippen MR) is 90.8 cm³/mol. The van der Waals surface area contributed by atoms with E-state index in [0.29, 0.717) is 5.92 Å². The minimum absolute atomic E-state index is 0.0467. The van der Waals surface area contributed by atoms with E-state index in [0.717, 1.165) is 18.5 Å². The maximum atomic E-state index is 12.2. The highest BCUT2D eigenvalue weighted by Crippen LogP contribution is 2.22. The standard InChI is InChI=1S/C19H31NO/c1-6-8-9-15(7-2)14-20-18(21)16-10-12-17(13-11-16)19(3,4)5/h10-13,15H,6-9,14H2,1-5H3,(H,20,21). The third kappa shape index (κ3) is 5.91. The summed E-state index contributed by atoms with van der Waals surface area (Å²) < 4.78 is 0. The number of benzene rings is 1. The number of rotatable bonds is 7. The zero-order chi connectivity index (χ0) is 15.9. The first-order valence-corrected chi connectivity index (χ1v) is 8.27. The Hall–Kier alpha value is -1.31. The second kappa shape index (κ2) is 8.21. The van der Waals surface area contributed by atoms with Crippen LogP contribution in [0.25, 0.3) is 0 Å². The van der Waals surface area contributed by atoms with Gasteiger partial charge in [-0.3, -0.25) is 4.79 Å². The molecule has 2 heteroatoms. The van der Waals surface area contributed by atoms with Crippen molar-refractivity contribution in [3.8, 4) is 0 Å². The molecule has 0 bridgehead atoms. The van der Waals surface area contributed by atoms with Crippen LogP contribution in [0.1, 0.15) is 76.2 Å². The van der Waals surface area contributed by atoms with Gasteiger partial charge >= 0.3 is 0 Å². The van der Waals surface area contributed by atoms with E-state index in [9.17, 15) is 4.79 Å². The number of unbranched alkanes of at least 4 members (excludes halogenated alkanes) is 1. The summed E-state index contributed by atoms with van der Waals surface area (Å²) in [5, 5.41) is 3.08. The van der Waals surface area contributed by atoms with Crippen LogP contribution in [0.2, 0.25) is 0 Å². The monoisotopic (exact) mass is 289 g/mol. The Bertz CT molecular complexity index is 428. The topological polar surface area (TPSA) is 29.1 Å². The number of carbonyl (C=O) groups is 1. The van der Waals surface area contributed by atoms with E-state index in [1.165, 1.54) is 24.8 Å². The van der Waals surface area contributed by atoms with Gasteiger partial charge < -0.3 is 5.32 Å². The fourth-order valence-electron chi connectivity index (χ4n) is 2.40. The molecule has 1 unspecified atom stereocenters. The van der Waals surface area contributed by atoms with Gasteiger partial charge in [0, 0.05) is 12.1 Å². The molecule has 0 aromatic heterocycles. The Morgan fingerprint density at radius 1 is 1.14 bits per heavy atom. The molecule has 2 nitrogen and oxygen atoms in total. The van der Waals surface area contributed by atoms with Gasteiger partial charge in [-0.2, -0.15) is 0 Å². The maximum Gasteiger partial charge on any atom is 0.251 e. The van der Waals surface area contributed by atoms with Crippen LogP contribution in [-0.4, -0.2) is 12.5 Å². The molecule has 1 amide bonds. The molecule has 0 fully saturated rings. The molecule has 1 rings (SSSR count). The van der Waals surface area contributed by atoms with Gasteiger partial charge in [0.25, 0.3) is 5.91 Å². The molecule has 21 heavy (non-hydrogen) atoms. The van der Waals surface area contributed by atoms with Gasteiger partial charge in [0.05, 0.1) is 0 Å². The van der Waals surface area contributed by atoms with Crippen LogP contribution in [0.15, 0.2) is 24.3 Å². The number of hydrogen-bond acceptors (Lipinski definition) is 1. The summed E-state index contributed by atoms with van der Waals surface area (Å²) in [5.41, 5.74) is 2.14. The molecule has 118 valence electrons. The molecule has 0 aliphatic rings. The Morgan fingerprint density at radius 2 is 1.76 bits per heavy atom. The van der Waals surface area contributed by atoms with E-state index in [1.807, 2.05) is 12.1 Å². The first-order chi connectivity index (χ1) is 9.88. The lowest BCUT2D eigenvalue weighted by molar-refractivity contribution is 0.0946. The van der Waals surface area contributed by atoms with Crippen LogP contribution >= 0.6 is 0 Å². The molecule has 0 saturated carbocycles. The van der Waals surface area contributed by atoms with Crippen molar-refractivity contribution >= 4 is 5.91 Å². The second-order valence-corrected chi connectivity index (χ2v) is 6.95. The third-order valence-electron chi connectivity index (χ3n) is 4.11. The van der Waals surface area contributed by atoms with Gasteiger partial charge in [0.1, 0.15) is 0 Å². The molecule has 0 heterocycles. The van der Waals surface area contributed by atoms with Crippen LogP contribution in [0.5, 0.6) is 0 Å². The molecule has 0 spiro atoms. The molecule has 1 aromatic carbocycles. The summed E-state index contributed by atoms with van der Waals surface area (Å²) in [6, 6.07) is 7.98. The van der Waals surface area contributed by atoms with Crippen molar-refractivity contribution in [2.75, 3.05) is 6.54 Å². The van der Waals surface area contributed by atoms with Crippen LogP contribution in [-0.2, 0) is 5.41 Å². The lowest BCUT2D eigenvalue weighted by Gasteiger charge is -2.19. The van der Waals surface area contributed by atoms with Crippen molar-refractivity contribution in [2.24, 2.45) is 5.92 Å². The molecule has 0 radical (unpaired) electrons. The highest BCUT2D eigenvalue weighted by molar-refractivity contribution is 5.94. The quantitative estimate of drug-likeness (QED) is 0.757. The molecule has 1 aromatic rings. The number of hydrogen-bond donors (Lipinski definition) is 1. The Kier molecular flexibility index (Phi) is 6.94. The minimum Gasteiger partial charge on any atom is -0.352 e. The zero-order valence-corrected chi connectivity index (χ0v) is 14.3. The normalized spacial score (nSPS) is 13.0. The Balaban J connectivity index is 2.55. The van der Waals surface area contributed by atoms with Crippen molar-refractivity contribution < 1.29 is 4.79 Å². The number of nitrogens with one attached hydrogen (secondary N) is 1. The van der Waals surface area contributed by atoms with Crippen molar-refractivity contribution in [2.45, 2.75) is 65.7 Å². The van der Waals surface area contributed by atoms with E-state index in [4.69, 9.17) is 0 Å². The van der Waals surface area contributed by atoms with Crippen molar-refractivity contribution in [3.63, 3.8) is 0 Å². The average molecular weight is 289 g/mol. The second-order valence-electron chi connectivity index (χ2n) is 6.95. The lowest BCUT2D eigenvalue weighted by atomic mass is 9.86. The predicted octanol–water partition coefficient (Wildman–Crippen LogP) is 4.93. The molecular formula is C19H31NO. The zero-order valence-electron chi connectivity index (χ0n) is 14.3. The first-order valence-electron chi connectivity index (χ1n) is 8.27. The van der Waals surface area contributed by atoms with Crippen LogP contribution in [0.3, 0.4) is 0 Å². The van der Waals surface area contributed by atoms with E-state index in [2.05, 4.69) is 52.1 Å². The molecular weight excluding hydrogens is 258 g/mol. The fourth-order valence-corrected chi connectivity index (χ4v) is 2.40. The summed E-state index contributed by atoms with van der Waals surface area (Å²) >= 11 is 0. The van der Waals surface area contributed by atoms with Crippen molar-refractivity contribution in [3.05, 3.63) is 35.4 Å². The van der Waals surface area contributed by atoms with Gasteiger partial charge in [0.15, 0.2) is 0 Å². The van der Waals surface area contributed by atoms with E-state index < -0.39 is 0 Å². The van der Waals surface area contributed by atoms with Gasteiger partial charge in [0.2, 0.25) is 0 Å². The summed E-state index contributed by atoms with van der Waals surface area (Å²) in [5.74, 6) is 0.646. The molecule has 0 aliphatic heterocycles. The molecule has 0 saturated heterocycles. The first kappa shape index (κ1) is 17.7. The van der Waals surface area contributed by atoms with Crippen molar-refractivity contribution in [1.82, 2.24) is 5.32 Å².